The molecule has 1 N–H and O–H groups in total. The second kappa shape index (κ2) is 4.70. The molecule has 0 aliphatic carbocycles. The second-order valence-corrected chi connectivity index (χ2v) is 4.34. The van der Waals surface area contributed by atoms with E-state index in [4.69, 9.17) is 4.74 Å². The van der Waals surface area contributed by atoms with Gasteiger partial charge in [0.2, 0.25) is 0 Å². The van der Waals surface area contributed by atoms with E-state index in [2.05, 4.69) is 5.32 Å². The summed E-state index contributed by atoms with van der Waals surface area (Å²) in [6.45, 7) is 0.533. The number of ether oxygens (including phenoxy) is 1. The van der Waals surface area contributed by atoms with Crippen LogP contribution in [0.1, 0.15) is 17.4 Å². The number of fused-ring (bicyclic) bond motifs is 1. The number of hydrogen-bond donors (Lipinski definition) is 1. The maximum absolute atomic E-state index is 10.6. The Bertz CT molecular complexity index is 610. The lowest BCUT2D eigenvalue weighted by atomic mass is 10.1. The molecule has 3 rings (SSSR count). The van der Waals surface area contributed by atoms with Crippen LogP contribution in [0.4, 0.5) is 11.4 Å². The Kier molecular flexibility index (Phi) is 2.89. The fourth-order valence-corrected chi connectivity index (χ4v) is 2.09. The van der Waals surface area contributed by atoms with Crippen molar-refractivity contribution < 1.29 is 9.66 Å². The van der Waals surface area contributed by atoms with Crippen LogP contribution in [0.2, 0.25) is 0 Å². The maximum Gasteiger partial charge on any atom is 0.269 e. The molecule has 0 radical (unpaired) electrons. The third-order valence-corrected chi connectivity index (χ3v) is 3.12. The number of non-ortho nitro benzene ring substituents is 1. The van der Waals surface area contributed by atoms with Crippen LogP contribution >= 0.6 is 0 Å². The van der Waals surface area contributed by atoms with Gasteiger partial charge in [-0.05, 0) is 18.2 Å². The predicted molar refractivity (Wildman–Crippen MR) is 70.7 cm³/mol. The molecular weight excluding hydrogens is 244 g/mol. The lowest BCUT2D eigenvalue weighted by Crippen LogP contribution is -2.20. The van der Waals surface area contributed by atoms with Gasteiger partial charge in [-0.2, -0.15) is 0 Å². The highest BCUT2D eigenvalue weighted by Crippen LogP contribution is 2.30. The predicted octanol–water partition coefficient (Wildman–Crippen LogP) is 3.24. The van der Waals surface area contributed by atoms with Gasteiger partial charge < -0.3 is 10.1 Å². The molecule has 2 aromatic carbocycles. The molecule has 1 atom stereocenters. The zero-order valence-electron chi connectivity index (χ0n) is 10.1. The molecule has 96 valence electrons. The third-order valence-electron chi connectivity index (χ3n) is 3.12. The number of para-hydroxylation sites is 1. The number of nitrogens with one attached hydrogen (secondary N) is 1. The highest BCUT2D eigenvalue weighted by atomic mass is 16.6. The fourth-order valence-electron chi connectivity index (χ4n) is 2.09. The summed E-state index contributed by atoms with van der Waals surface area (Å²) in [7, 11) is 0. The van der Waals surface area contributed by atoms with Crippen molar-refractivity contribution in [1.82, 2.24) is 0 Å². The van der Waals surface area contributed by atoms with Gasteiger partial charge in [0.15, 0.2) is 6.23 Å². The van der Waals surface area contributed by atoms with Gasteiger partial charge in [0.1, 0.15) is 0 Å². The number of rotatable bonds is 2. The van der Waals surface area contributed by atoms with Crippen LogP contribution in [0.5, 0.6) is 0 Å². The van der Waals surface area contributed by atoms with E-state index in [1.165, 1.54) is 12.1 Å². The minimum Gasteiger partial charge on any atom is -0.356 e. The Morgan fingerprint density at radius 1 is 1.16 bits per heavy atom. The van der Waals surface area contributed by atoms with E-state index in [-0.39, 0.29) is 11.9 Å². The topological polar surface area (TPSA) is 64.4 Å². The van der Waals surface area contributed by atoms with Gasteiger partial charge in [-0.1, -0.05) is 18.2 Å². The third kappa shape index (κ3) is 2.28. The van der Waals surface area contributed by atoms with Crippen molar-refractivity contribution in [1.29, 1.82) is 0 Å². The number of nitro benzene ring substituents is 1. The summed E-state index contributed by atoms with van der Waals surface area (Å²) in [5.74, 6) is 0. The lowest BCUT2D eigenvalue weighted by molar-refractivity contribution is -0.384. The zero-order valence-corrected chi connectivity index (χ0v) is 10.1. The minimum absolute atomic E-state index is 0.0833. The molecule has 0 spiro atoms. The van der Waals surface area contributed by atoms with E-state index in [1.807, 2.05) is 24.3 Å². The van der Waals surface area contributed by atoms with E-state index >= 15 is 0 Å². The monoisotopic (exact) mass is 256 g/mol. The van der Waals surface area contributed by atoms with Crippen molar-refractivity contribution in [3.05, 3.63) is 69.8 Å². The van der Waals surface area contributed by atoms with Crippen molar-refractivity contribution in [2.45, 2.75) is 12.8 Å². The van der Waals surface area contributed by atoms with Gasteiger partial charge in [0, 0.05) is 28.9 Å². The molecule has 1 unspecified atom stereocenters. The van der Waals surface area contributed by atoms with Crippen LogP contribution in [0.15, 0.2) is 48.5 Å². The summed E-state index contributed by atoms with van der Waals surface area (Å²) in [5.41, 5.74) is 3.11. The molecule has 1 aliphatic rings. The quantitative estimate of drug-likeness (QED) is 0.661. The van der Waals surface area contributed by atoms with Gasteiger partial charge in [-0.3, -0.25) is 10.1 Å². The maximum atomic E-state index is 10.6. The Hall–Kier alpha value is -2.40. The molecule has 0 saturated carbocycles. The van der Waals surface area contributed by atoms with Crippen molar-refractivity contribution in [3.63, 3.8) is 0 Å². The average Bonchev–Trinajstić information content (AvgIpc) is 2.47. The lowest BCUT2D eigenvalue weighted by Gasteiger charge is -2.27. The first-order valence-electron chi connectivity index (χ1n) is 5.94. The Morgan fingerprint density at radius 3 is 2.63 bits per heavy atom. The van der Waals surface area contributed by atoms with Gasteiger partial charge in [0.05, 0.1) is 11.5 Å². The SMILES string of the molecule is O=[N+]([O-])c1ccc(C2Nc3ccccc3CO2)cc1. The molecule has 2 aromatic rings. The van der Waals surface area contributed by atoms with E-state index in [0.29, 0.717) is 6.61 Å². The Morgan fingerprint density at radius 2 is 1.89 bits per heavy atom. The first-order valence-corrected chi connectivity index (χ1v) is 5.94. The number of nitrogens with zero attached hydrogens (tertiary/aromatic N) is 1. The number of nitro groups is 1. The largest absolute Gasteiger partial charge is 0.356 e. The second-order valence-electron chi connectivity index (χ2n) is 4.34. The van der Waals surface area contributed by atoms with E-state index in [1.54, 1.807) is 12.1 Å². The van der Waals surface area contributed by atoms with Crippen LogP contribution < -0.4 is 5.32 Å². The molecule has 0 bridgehead atoms. The highest BCUT2D eigenvalue weighted by molar-refractivity contribution is 5.53. The summed E-state index contributed by atoms with van der Waals surface area (Å²) in [4.78, 5) is 10.2. The molecule has 0 aromatic heterocycles. The molecular formula is C14H12N2O3. The van der Waals surface area contributed by atoms with E-state index < -0.39 is 4.92 Å². The fraction of sp³-hybridized carbons (Fsp3) is 0.143. The first-order chi connectivity index (χ1) is 9.24. The standard InChI is InChI=1S/C14H12N2O3/c17-16(18)12-7-5-10(6-8-12)14-15-13-4-2-1-3-11(13)9-19-14/h1-8,14-15H,9H2. The van der Waals surface area contributed by atoms with Crippen LogP contribution in [0.25, 0.3) is 0 Å². The van der Waals surface area contributed by atoms with Gasteiger partial charge in [-0.15, -0.1) is 0 Å². The summed E-state index contributed by atoms with van der Waals surface area (Å²) < 4.78 is 5.71. The summed E-state index contributed by atoms with van der Waals surface area (Å²) >= 11 is 0. The minimum atomic E-state index is -0.408. The van der Waals surface area contributed by atoms with Crippen LogP contribution in [-0.4, -0.2) is 4.92 Å². The molecule has 0 fully saturated rings. The van der Waals surface area contributed by atoms with Gasteiger partial charge in [-0.25, -0.2) is 0 Å². The van der Waals surface area contributed by atoms with Crippen LogP contribution in [0.3, 0.4) is 0 Å². The average molecular weight is 256 g/mol. The molecule has 5 heteroatoms. The highest BCUT2D eigenvalue weighted by Gasteiger charge is 2.19. The van der Waals surface area contributed by atoms with Gasteiger partial charge in [0.25, 0.3) is 5.69 Å². The molecule has 5 nitrogen and oxygen atoms in total. The van der Waals surface area contributed by atoms with E-state index in [0.717, 1.165) is 16.8 Å². The molecule has 19 heavy (non-hydrogen) atoms. The molecule has 1 aliphatic heterocycles. The number of hydrogen-bond acceptors (Lipinski definition) is 4. The van der Waals surface area contributed by atoms with Crippen LogP contribution in [-0.2, 0) is 11.3 Å². The van der Waals surface area contributed by atoms with Crippen LogP contribution in [0, 0.1) is 10.1 Å². The van der Waals surface area contributed by atoms with Crippen molar-refractivity contribution in [3.8, 4) is 0 Å². The zero-order chi connectivity index (χ0) is 13.2. The van der Waals surface area contributed by atoms with Crippen molar-refractivity contribution >= 4 is 11.4 Å². The van der Waals surface area contributed by atoms with Crippen molar-refractivity contribution in [2.24, 2.45) is 0 Å². The Labute approximate surface area is 110 Å². The molecule has 1 heterocycles. The number of anilines is 1. The summed E-state index contributed by atoms with van der Waals surface area (Å²) in [6, 6.07) is 14.3. The van der Waals surface area contributed by atoms with E-state index in [9.17, 15) is 10.1 Å². The smallest absolute Gasteiger partial charge is 0.269 e. The number of benzene rings is 2. The Balaban J connectivity index is 1.83. The summed E-state index contributed by atoms with van der Waals surface area (Å²) in [5, 5.41) is 13.9. The van der Waals surface area contributed by atoms with Crippen molar-refractivity contribution in [2.75, 3.05) is 5.32 Å². The molecule has 0 amide bonds. The van der Waals surface area contributed by atoms with Gasteiger partial charge >= 0.3 is 0 Å². The summed E-state index contributed by atoms with van der Waals surface area (Å²) in [6.07, 6.45) is -0.268. The normalized spacial score (nSPS) is 17.4. The molecule has 0 saturated heterocycles. The first kappa shape index (κ1) is 11.7.